The standard InChI is InChI=1S/C18H20N4OS/c1-3-12-22(13-4-2)17(23)14-24-18-19-16(20-21-18)11-10-15-8-6-5-7-9-15/h3-11H,1-2,12-14H2,(H,19,20,21)/b11-10+. The summed E-state index contributed by atoms with van der Waals surface area (Å²) in [5.41, 5.74) is 1.09. The molecule has 1 N–H and O–H groups in total. The predicted molar refractivity (Wildman–Crippen MR) is 99.5 cm³/mol. The quantitative estimate of drug-likeness (QED) is 0.562. The third-order valence-electron chi connectivity index (χ3n) is 3.09. The van der Waals surface area contributed by atoms with Gasteiger partial charge in [0.1, 0.15) is 5.82 Å². The molecular formula is C18H20N4OS. The third kappa shape index (κ3) is 5.55. The molecule has 6 heteroatoms. The first-order valence-electron chi connectivity index (χ1n) is 7.51. The zero-order chi connectivity index (χ0) is 17.2. The monoisotopic (exact) mass is 340 g/mol. The molecule has 0 radical (unpaired) electrons. The van der Waals surface area contributed by atoms with Gasteiger partial charge in [0.15, 0.2) is 0 Å². The Morgan fingerprint density at radius 1 is 1.17 bits per heavy atom. The van der Waals surface area contributed by atoms with Gasteiger partial charge in [0.05, 0.1) is 5.75 Å². The highest BCUT2D eigenvalue weighted by molar-refractivity contribution is 7.99. The third-order valence-corrected chi connectivity index (χ3v) is 3.92. The van der Waals surface area contributed by atoms with Crippen LogP contribution in [0.5, 0.6) is 0 Å². The molecule has 5 nitrogen and oxygen atoms in total. The minimum Gasteiger partial charge on any atom is -0.335 e. The Balaban J connectivity index is 1.89. The Hall–Kier alpha value is -2.60. The van der Waals surface area contributed by atoms with Crippen LogP contribution in [0.4, 0.5) is 0 Å². The normalized spacial score (nSPS) is 10.7. The maximum absolute atomic E-state index is 12.1. The van der Waals surface area contributed by atoms with Crippen LogP contribution >= 0.6 is 11.8 Å². The van der Waals surface area contributed by atoms with Crippen molar-refractivity contribution in [1.29, 1.82) is 0 Å². The second-order valence-electron chi connectivity index (χ2n) is 4.91. The van der Waals surface area contributed by atoms with Gasteiger partial charge in [-0.2, -0.15) is 0 Å². The summed E-state index contributed by atoms with van der Waals surface area (Å²) in [6, 6.07) is 9.94. The van der Waals surface area contributed by atoms with Crippen molar-refractivity contribution in [3.63, 3.8) is 0 Å². The molecule has 0 aliphatic heterocycles. The molecule has 1 aromatic carbocycles. The van der Waals surface area contributed by atoms with Crippen LogP contribution in [0.25, 0.3) is 12.2 Å². The number of carbonyl (C=O) groups is 1. The van der Waals surface area contributed by atoms with Crippen LogP contribution in [-0.2, 0) is 4.79 Å². The van der Waals surface area contributed by atoms with Gasteiger partial charge < -0.3 is 4.90 Å². The van der Waals surface area contributed by atoms with Crippen LogP contribution in [0, 0.1) is 0 Å². The maximum atomic E-state index is 12.1. The lowest BCUT2D eigenvalue weighted by atomic mass is 10.2. The number of carbonyl (C=O) groups excluding carboxylic acids is 1. The van der Waals surface area contributed by atoms with E-state index in [1.54, 1.807) is 17.1 Å². The summed E-state index contributed by atoms with van der Waals surface area (Å²) < 4.78 is 0. The van der Waals surface area contributed by atoms with Gasteiger partial charge in [-0.3, -0.25) is 9.89 Å². The van der Waals surface area contributed by atoms with E-state index in [1.807, 2.05) is 42.5 Å². The number of benzene rings is 1. The summed E-state index contributed by atoms with van der Waals surface area (Å²) in [5.74, 6) is 0.940. The smallest absolute Gasteiger partial charge is 0.233 e. The van der Waals surface area contributed by atoms with Crippen LogP contribution in [0.1, 0.15) is 11.4 Å². The van der Waals surface area contributed by atoms with E-state index < -0.39 is 0 Å². The predicted octanol–water partition coefficient (Wildman–Crippen LogP) is 3.27. The average Bonchev–Trinajstić information content (AvgIpc) is 3.06. The number of rotatable bonds is 9. The molecule has 0 atom stereocenters. The fourth-order valence-electron chi connectivity index (χ4n) is 1.94. The van der Waals surface area contributed by atoms with Crippen molar-refractivity contribution in [1.82, 2.24) is 20.1 Å². The lowest BCUT2D eigenvalue weighted by Crippen LogP contribution is -2.32. The van der Waals surface area contributed by atoms with Crippen molar-refractivity contribution in [2.75, 3.05) is 18.8 Å². The Kier molecular flexibility index (Phi) is 7.04. The van der Waals surface area contributed by atoms with Gasteiger partial charge in [0.25, 0.3) is 0 Å². The van der Waals surface area contributed by atoms with Crippen molar-refractivity contribution in [2.45, 2.75) is 5.16 Å². The van der Waals surface area contributed by atoms with Crippen molar-refractivity contribution in [2.24, 2.45) is 0 Å². The largest absolute Gasteiger partial charge is 0.335 e. The van der Waals surface area contributed by atoms with E-state index in [2.05, 4.69) is 28.3 Å². The number of nitrogens with zero attached hydrogens (tertiary/aromatic N) is 3. The van der Waals surface area contributed by atoms with Crippen LogP contribution in [0.3, 0.4) is 0 Å². The molecule has 0 unspecified atom stereocenters. The minimum absolute atomic E-state index is 0.00553. The van der Waals surface area contributed by atoms with Crippen LogP contribution < -0.4 is 0 Å². The summed E-state index contributed by atoms with van der Waals surface area (Å²) in [4.78, 5) is 18.2. The summed E-state index contributed by atoms with van der Waals surface area (Å²) in [6.07, 6.45) is 7.21. The molecule has 2 aromatic rings. The second-order valence-corrected chi connectivity index (χ2v) is 5.85. The van der Waals surface area contributed by atoms with Crippen LogP contribution in [0.2, 0.25) is 0 Å². The van der Waals surface area contributed by atoms with Gasteiger partial charge in [0.2, 0.25) is 11.1 Å². The van der Waals surface area contributed by atoms with Gasteiger partial charge in [-0.05, 0) is 11.6 Å². The van der Waals surface area contributed by atoms with Crippen LogP contribution in [-0.4, -0.2) is 44.8 Å². The van der Waals surface area contributed by atoms with E-state index in [1.165, 1.54) is 11.8 Å². The van der Waals surface area contributed by atoms with E-state index in [4.69, 9.17) is 0 Å². The zero-order valence-electron chi connectivity index (χ0n) is 13.4. The topological polar surface area (TPSA) is 61.9 Å². The SMILES string of the molecule is C=CCN(CC=C)C(=O)CSc1n[nH]c(/C=C/c2ccccc2)n1. The number of H-pyrrole nitrogens is 1. The average molecular weight is 340 g/mol. The summed E-state index contributed by atoms with van der Waals surface area (Å²) in [5, 5.41) is 7.52. The first-order chi connectivity index (χ1) is 11.7. The Labute approximate surface area is 146 Å². The molecule has 1 heterocycles. The number of hydrogen-bond acceptors (Lipinski definition) is 4. The lowest BCUT2D eigenvalue weighted by Gasteiger charge is -2.18. The van der Waals surface area contributed by atoms with Crippen molar-refractivity contribution in [3.05, 3.63) is 67.0 Å². The van der Waals surface area contributed by atoms with Gasteiger partial charge in [-0.15, -0.1) is 18.3 Å². The van der Waals surface area contributed by atoms with Gasteiger partial charge in [-0.25, -0.2) is 4.98 Å². The number of aromatic amines is 1. The Morgan fingerprint density at radius 3 is 2.54 bits per heavy atom. The molecule has 124 valence electrons. The Bertz CT molecular complexity index is 699. The maximum Gasteiger partial charge on any atom is 0.233 e. The number of nitrogens with one attached hydrogen (secondary N) is 1. The highest BCUT2D eigenvalue weighted by Gasteiger charge is 2.12. The molecule has 1 amide bonds. The lowest BCUT2D eigenvalue weighted by molar-refractivity contribution is -0.127. The fourth-order valence-corrected chi connectivity index (χ4v) is 2.65. The molecule has 0 aliphatic carbocycles. The highest BCUT2D eigenvalue weighted by Crippen LogP contribution is 2.14. The number of aromatic nitrogens is 3. The molecule has 0 bridgehead atoms. The number of hydrogen-bond donors (Lipinski definition) is 1. The molecule has 2 rings (SSSR count). The Morgan fingerprint density at radius 2 is 1.88 bits per heavy atom. The van der Waals surface area contributed by atoms with Gasteiger partial charge in [-0.1, -0.05) is 60.3 Å². The van der Waals surface area contributed by atoms with Crippen molar-refractivity contribution in [3.8, 4) is 0 Å². The van der Waals surface area contributed by atoms with Crippen molar-refractivity contribution < 1.29 is 4.79 Å². The molecule has 0 fully saturated rings. The summed E-state index contributed by atoms with van der Waals surface area (Å²) in [6.45, 7) is 8.33. The fraction of sp³-hybridized carbons (Fsp3) is 0.167. The number of amides is 1. The van der Waals surface area contributed by atoms with Gasteiger partial charge >= 0.3 is 0 Å². The number of thioether (sulfide) groups is 1. The minimum atomic E-state index is 0.00553. The van der Waals surface area contributed by atoms with Gasteiger partial charge in [0, 0.05) is 13.1 Å². The molecule has 24 heavy (non-hydrogen) atoms. The van der Waals surface area contributed by atoms with E-state index in [0.717, 1.165) is 5.56 Å². The van der Waals surface area contributed by atoms with Crippen LogP contribution in [0.15, 0.2) is 60.8 Å². The zero-order valence-corrected chi connectivity index (χ0v) is 14.2. The molecular weight excluding hydrogens is 320 g/mol. The first kappa shape index (κ1) is 17.7. The van der Waals surface area contributed by atoms with E-state index >= 15 is 0 Å². The molecule has 0 aliphatic rings. The second kappa shape index (κ2) is 9.52. The summed E-state index contributed by atoms with van der Waals surface area (Å²) in [7, 11) is 0. The van der Waals surface area contributed by atoms with E-state index in [-0.39, 0.29) is 11.7 Å². The molecule has 0 saturated carbocycles. The molecule has 1 aromatic heterocycles. The summed E-state index contributed by atoms with van der Waals surface area (Å²) >= 11 is 1.30. The van der Waals surface area contributed by atoms with E-state index in [0.29, 0.717) is 24.1 Å². The van der Waals surface area contributed by atoms with Crippen molar-refractivity contribution >= 4 is 29.8 Å². The molecule has 0 saturated heterocycles. The first-order valence-corrected chi connectivity index (χ1v) is 8.49. The molecule has 0 spiro atoms. The highest BCUT2D eigenvalue weighted by atomic mass is 32.2. The van der Waals surface area contributed by atoms with E-state index in [9.17, 15) is 4.79 Å².